The van der Waals surface area contributed by atoms with Crippen LogP contribution in [0, 0.1) is 5.92 Å². The van der Waals surface area contributed by atoms with E-state index >= 15 is 0 Å². The Balaban J connectivity index is 1.42. The van der Waals surface area contributed by atoms with Crippen molar-refractivity contribution in [1.29, 1.82) is 0 Å². The van der Waals surface area contributed by atoms with Gasteiger partial charge in [-0.3, -0.25) is 9.69 Å². The van der Waals surface area contributed by atoms with Crippen molar-refractivity contribution >= 4 is 5.91 Å². The summed E-state index contributed by atoms with van der Waals surface area (Å²) in [6.07, 6.45) is 7.33. The van der Waals surface area contributed by atoms with Gasteiger partial charge in [0.05, 0.1) is 0 Å². The smallest absolute Gasteiger partial charge is 0.222 e. The summed E-state index contributed by atoms with van der Waals surface area (Å²) in [5.74, 6) is 1.05. The molecule has 0 unspecified atom stereocenters. The molecule has 0 N–H and O–H groups in total. The zero-order valence-electron chi connectivity index (χ0n) is 13.5. The van der Waals surface area contributed by atoms with E-state index in [1.165, 1.54) is 37.7 Å². The van der Waals surface area contributed by atoms with Gasteiger partial charge in [-0.2, -0.15) is 0 Å². The molecule has 0 bridgehead atoms. The van der Waals surface area contributed by atoms with E-state index in [9.17, 15) is 4.79 Å². The van der Waals surface area contributed by atoms with Gasteiger partial charge in [0, 0.05) is 39.1 Å². The molecule has 2 aliphatic rings. The van der Waals surface area contributed by atoms with E-state index in [0.717, 1.165) is 39.1 Å². The van der Waals surface area contributed by atoms with E-state index in [1.807, 2.05) is 0 Å². The third kappa shape index (κ3) is 4.33. The van der Waals surface area contributed by atoms with E-state index in [1.54, 1.807) is 0 Å². The third-order valence-electron chi connectivity index (χ3n) is 5.16. The first-order valence-electron chi connectivity index (χ1n) is 8.85. The minimum atomic E-state index is 0.395. The number of hydrogen-bond acceptors (Lipinski definition) is 2. The fourth-order valence-corrected chi connectivity index (χ4v) is 3.76. The molecule has 0 spiro atoms. The molecule has 1 aliphatic carbocycles. The molecule has 1 saturated heterocycles. The number of nitrogens with zero attached hydrogens (tertiary/aromatic N) is 2. The van der Waals surface area contributed by atoms with Crippen molar-refractivity contribution in [3.63, 3.8) is 0 Å². The lowest BCUT2D eigenvalue weighted by molar-refractivity contribution is -0.134. The monoisotopic (exact) mass is 300 g/mol. The Hall–Kier alpha value is -1.35. The Morgan fingerprint density at radius 1 is 0.955 bits per heavy atom. The van der Waals surface area contributed by atoms with Gasteiger partial charge in [-0.15, -0.1) is 0 Å². The first kappa shape index (κ1) is 15.5. The van der Waals surface area contributed by atoms with Crippen LogP contribution in [0.3, 0.4) is 0 Å². The van der Waals surface area contributed by atoms with Gasteiger partial charge in [-0.1, -0.05) is 49.6 Å². The van der Waals surface area contributed by atoms with Crippen LogP contribution in [0.2, 0.25) is 0 Å². The molecule has 2 fully saturated rings. The van der Waals surface area contributed by atoms with Crippen molar-refractivity contribution in [2.24, 2.45) is 5.92 Å². The highest BCUT2D eigenvalue weighted by Crippen LogP contribution is 2.27. The second-order valence-electron chi connectivity index (χ2n) is 6.85. The van der Waals surface area contributed by atoms with Crippen LogP contribution < -0.4 is 0 Å². The number of rotatable bonds is 4. The van der Waals surface area contributed by atoms with Gasteiger partial charge >= 0.3 is 0 Å². The molecule has 1 aromatic rings. The van der Waals surface area contributed by atoms with Crippen molar-refractivity contribution < 1.29 is 4.79 Å². The van der Waals surface area contributed by atoms with E-state index in [0.29, 0.717) is 11.8 Å². The maximum absolute atomic E-state index is 12.4. The van der Waals surface area contributed by atoms with Crippen LogP contribution in [0.4, 0.5) is 0 Å². The predicted octanol–water partition coefficient (Wildman–Crippen LogP) is 3.30. The Labute approximate surface area is 134 Å². The summed E-state index contributed by atoms with van der Waals surface area (Å²) in [7, 11) is 0. The number of carbonyl (C=O) groups excluding carboxylic acids is 1. The number of piperazine rings is 1. The molecule has 3 rings (SSSR count). The lowest BCUT2D eigenvalue weighted by Gasteiger charge is -2.35. The van der Waals surface area contributed by atoms with E-state index < -0.39 is 0 Å². The summed E-state index contributed by atoms with van der Waals surface area (Å²) in [6.45, 7) is 4.82. The third-order valence-corrected chi connectivity index (χ3v) is 5.16. The molecule has 1 saturated carbocycles. The van der Waals surface area contributed by atoms with Crippen LogP contribution in [-0.4, -0.2) is 41.9 Å². The van der Waals surface area contributed by atoms with Gasteiger partial charge in [-0.25, -0.2) is 0 Å². The molecule has 3 nitrogen and oxygen atoms in total. The zero-order valence-corrected chi connectivity index (χ0v) is 13.5. The SMILES string of the molecule is O=C(CC1CCCCC1)N1CCN(Cc2ccccc2)CC1. The van der Waals surface area contributed by atoms with Gasteiger partial charge < -0.3 is 4.90 Å². The lowest BCUT2D eigenvalue weighted by atomic mass is 9.86. The van der Waals surface area contributed by atoms with E-state index in [-0.39, 0.29) is 0 Å². The highest BCUT2D eigenvalue weighted by molar-refractivity contribution is 5.76. The molecule has 1 aromatic carbocycles. The maximum atomic E-state index is 12.4. The maximum Gasteiger partial charge on any atom is 0.222 e. The van der Waals surface area contributed by atoms with Gasteiger partial charge in [0.1, 0.15) is 0 Å². The summed E-state index contributed by atoms with van der Waals surface area (Å²) in [5.41, 5.74) is 1.37. The predicted molar refractivity (Wildman–Crippen MR) is 89.5 cm³/mol. The van der Waals surface area contributed by atoms with Crippen LogP contribution in [0.25, 0.3) is 0 Å². The molecular formula is C19H28N2O. The number of amides is 1. The lowest BCUT2D eigenvalue weighted by Crippen LogP contribution is -2.48. The molecule has 120 valence electrons. The van der Waals surface area contributed by atoms with Crippen molar-refractivity contribution in [2.45, 2.75) is 45.1 Å². The molecule has 0 radical (unpaired) electrons. The van der Waals surface area contributed by atoms with Gasteiger partial charge in [0.2, 0.25) is 5.91 Å². The van der Waals surface area contributed by atoms with Crippen LogP contribution in [0.5, 0.6) is 0 Å². The molecule has 22 heavy (non-hydrogen) atoms. The topological polar surface area (TPSA) is 23.6 Å². The Morgan fingerprint density at radius 3 is 2.32 bits per heavy atom. The van der Waals surface area contributed by atoms with Crippen LogP contribution in [0.15, 0.2) is 30.3 Å². The van der Waals surface area contributed by atoms with Gasteiger partial charge in [0.25, 0.3) is 0 Å². The minimum absolute atomic E-state index is 0.395. The average Bonchev–Trinajstić information content (AvgIpc) is 2.57. The number of carbonyl (C=O) groups is 1. The highest BCUT2D eigenvalue weighted by Gasteiger charge is 2.24. The van der Waals surface area contributed by atoms with Gasteiger partial charge in [-0.05, 0) is 24.3 Å². The average molecular weight is 300 g/mol. The van der Waals surface area contributed by atoms with Crippen molar-refractivity contribution in [2.75, 3.05) is 26.2 Å². The fraction of sp³-hybridized carbons (Fsp3) is 0.632. The summed E-state index contributed by atoms with van der Waals surface area (Å²) in [5, 5.41) is 0. The second-order valence-corrected chi connectivity index (χ2v) is 6.85. The molecule has 0 atom stereocenters. The van der Waals surface area contributed by atoms with Crippen LogP contribution >= 0.6 is 0 Å². The van der Waals surface area contributed by atoms with Crippen molar-refractivity contribution in [3.8, 4) is 0 Å². The Bertz CT molecular complexity index is 460. The summed E-state index contributed by atoms with van der Waals surface area (Å²) in [4.78, 5) is 17.0. The molecule has 1 heterocycles. The minimum Gasteiger partial charge on any atom is -0.340 e. The number of benzene rings is 1. The van der Waals surface area contributed by atoms with Crippen LogP contribution in [-0.2, 0) is 11.3 Å². The van der Waals surface area contributed by atoms with Crippen molar-refractivity contribution in [1.82, 2.24) is 9.80 Å². The summed E-state index contributed by atoms with van der Waals surface area (Å²) >= 11 is 0. The summed E-state index contributed by atoms with van der Waals surface area (Å²) < 4.78 is 0. The second kappa shape index (κ2) is 7.77. The molecule has 3 heteroatoms. The van der Waals surface area contributed by atoms with Crippen LogP contribution in [0.1, 0.15) is 44.1 Å². The largest absolute Gasteiger partial charge is 0.340 e. The fourth-order valence-electron chi connectivity index (χ4n) is 3.76. The first-order chi connectivity index (χ1) is 10.8. The number of hydrogen-bond donors (Lipinski definition) is 0. The van der Waals surface area contributed by atoms with Crippen molar-refractivity contribution in [3.05, 3.63) is 35.9 Å². The Kier molecular flexibility index (Phi) is 5.49. The molecule has 1 aliphatic heterocycles. The van der Waals surface area contributed by atoms with E-state index in [2.05, 4.69) is 40.1 Å². The highest BCUT2D eigenvalue weighted by atomic mass is 16.2. The first-order valence-corrected chi connectivity index (χ1v) is 8.85. The zero-order chi connectivity index (χ0) is 15.2. The quantitative estimate of drug-likeness (QED) is 0.852. The molecule has 0 aromatic heterocycles. The molecule has 1 amide bonds. The Morgan fingerprint density at radius 2 is 1.64 bits per heavy atom. The standard InChI is InChI=1S/C19H28N2O/c22-19(15-17-7-3-1-4-8-17)21-13-11-20(12-14-21)16-18-9-5-2-6-10-18/h2,5-6,9-10,17H,1,3-4,7-8,11-16H2. The van der Waals surface area contributed by atoms with Gasteiger partial charge in [0.15, 0.2) is 0 Å². The van der Waals surface area contributed by atoms with E-state index in [4.69, 9.17) is 0 Å². The molecular weight excluding hydrogens is 272 g/mol. The normalized spacial score (nSPS) is 21.0. The summed E-state index contributed by atoms with van der Waals surface area (Å²) in [6, 6.07) is 10.6.